The maximum atomic E-state index is 12.7. The zero-order valence-corrected chi connectivity index (χ0v) is 17.1. The SMILES string of the molecule is COc1ccc(CNC(=O)N2CC3CC(NS(=O)(=O)c4cccs4)C2C3)cc1. The Balaban J connectivity index is 1.37. The van der Waals surface area contributed by atoms with E-state index in [0.29, 0.717) is 23.2 Å². The average Bonchev–Trinajstić information content (AvgIpc) is 3.43. The van der Waals surface area contributed by atoms with E-state index in [0.717, 1.165) is 24.2 Å². The van der Waals surface area contributed by atoms with Gasteiger partial charge in [-0.25, -0.2) is 17.9 Å². The third-order valence-electron chi connectivity index (χ3n) is 5.41. The summed E-state index contributed by atoms with van der Waals surface area (Å²) in [4.78, 5) is 14.5. The summed E-state index contributed by atoms with van der Waals surface area (Å²) in [6.07, 6.45) is 1.62. The number of thiophene rings is 1. The number of piperidine rings is 1. The molecule has 2 bridgehead atoms. The van der Waals surface area contributed by atoms with Crippen molar-refractivity contribution < 1.29 is 17.9 Å². The van der Waals surface area contributed by atoms with Gasteiger partial charge >= 0.3 is 6.03 Å². The highest BCUT2D eigenvalue weighted by molar-refractivity contribution is 7.91. The Bertz CT molecular complexity index is 929. The van der Waals surface area contributed by atoms with Crippen LogP contribution in [0.25, 0.3) is 0 Å². The fourth-order valence-corrected chi connectivity index (χ4v) is 6.37. The molecule has 9 heteroatoms. The smallest absolute Gasteiger partial charge is 0.317 e. The molecule has 2 aromatic rings. The van der Waals surface area contributed by atoms with Crippen LogP contribution in [0.15, 0.2) is 46.0 Å². The summed E-state index contributed by atoms with van der Waals surface area (Å²) in [5.74, 6) is 1.11. The normalized spacial score (nSPS) is 23.8. The molecular formula is C19H23N3O4S2. The molecule has 0 radical (unpaired) electrons. The van der Waals surface area contributed by atoms with Crippen molar-refractivity contribution in [2.24, 2.45) is 5.92 Å². The van der Waals surface area contributed by atoms with E-state index in [9.17, 15) is 13.2 Å². The Labute approximate surface area is 168 Å². The molecule has 3 unspecified atom stereocenters. The van der Waals surface area contributed by atoms with Crippen LogP contribution < -0.4 is 14.8 Å². The standard InChI is InChI=1S/C19H23N3O4S2/c1-26-15-6-4-13(5-7-15)11-20-19(23)22-12-14-9-16(17(22)10-14)21-28(24,25)18-3-2-8-27-18/h2-8,14,16-17,21H,9-12H2,1H3,(H,20,23). The summed E-state index contributed by atoms with van der Waals surface area (Å²) in [6.45, 7) is 1.10. The number of likely N-dealkylation sites (tertiary alicyclic amines) is 1. The Kier molecular flexibility index (Phi) is 5.31. The molecule has 1 aromatic carbocycles. The van der Waals surface area contributed by atoms with Crippen LogP contribution in [0.1, 0.15) is 18.4 Å². The van der Waals surface area contributed by atoms with Gasteiger partial charge in [0, 0.05) is 19.1 Å². The van der Waals surface area contributed by atoms with Gasteiger partial charge in [-0.1, -0.05) is 18.2 Å². The molecule has 4 rings (SSSR count). The van der Waals surface area contributed by atoms with E-state index >= 15 is 0 Å². The number of fused-ring (bicyclic) bond motifs is 2. The monoisotopic (exact) mass is 421 g/mol. The van der Waals surface area contributed by atoms with Gasteiger partial charge in [-0.05, 0) is 47.9 Å². The highest BCUT2D eigenvalue weighted by atomic mass is 32.2. The van der Waals surface area contributed by atoms with Crippen LogP contribution in [0, 0.1) is 5.92 Å². The number of hydrogen-bond acceptors (Lipinski definition) is 5. The molecular weight excluding hydrogens is 398 g/mol. The summed E-state index contributed by atoms with van der Waals surface area (Å²) in [5.41, 5.74) is 0.980. The second-order valence-electron chi connectivity index (χ2n) is 7.22. The van der Waals surface area contributed by atoms with Gasteiger partial charge in [-0.15, -0.1) is 11.3 Å². The van der Waals surface area contributed by atoms with Gasteiger partial charge in [0.15, 0.2) is 0 Å². The summed E-state index contributed by atoms with van der Waals surface area (Å²) in [6, 6.07) is 10.4. The number of nitrogens with one attached hydrogen (secondary N) is 2. The maximum absolute atomic E-state index is 12.7. The predicted molar refractivity (Wildman–Crippen MR) is 107 cm³/mol. The van der Waals surface area contributed by atoms with E-state index in [1.807, 2.05) is 24.3 Å². The summed E-state index contributed by atoms with van der Waals surface area (Å²) in [7, 11) is -1.92. The number of ether oxygens (including phenoxy) is 1. The number of rotatable bonds is 6. The number of carbonyl (C=O) groups excluding carboxylic acids is 1. The van der Waals surface area contributed by atoms with Crippen LogP contribution in [0.4, 0.5) is 4.79 Å². The predicted octanol–water partition coefficient (Wildman–Crippen LogP) is 2.41. The lowest BCUT2D eigenvalue weighted by molar-refractivity contribution is 0.170. The van der Waals surface area contributed by atoms with Gasteiger partial charge in [0.2, 0.25) is 10.0 Å². The summed E-state index contributed by atoms with van der Waals surface area (Å²) in [5, 5.41) is 4.69. The zero-order chi connectivity index (χ0) is 19.7. The Morgan fingerprint density at radius 3 is 2.68 bits per heavy atom. The van der Waals surface area contributed by atoms with E-state index in [2.05, 4.69) is 10.0 Å². The molecule has 2 aliphatic rings. The number of methoxy groups -OCH3 is 1. The molecule has 0 spiro atoms. The largest absolute Gasteiger partial charge is 0.497 e. The third-order valence-corrected chi connectivity index (χ3v) is 8.30. The van der Waals surface area contributed by atoms with Crippen LogP contribution in [-0.4, -0.2) is 45.1 Å². The molecule has 2 amide bonds. The first kappa shape index (κ1) is 19.2. The molecule has 1 aromatic heterocycles. The number of sulfonamides is 1. The van der Waals surface area contributed by atoms with Crippen LogP contribution in [0.2, 0.25) is 0 Å². The fraction of sp³-hybridized carbons (Fsp3) is 0.421. The number of carbonyl (C=O) groups is 1. The van der Waals surface area contributed by atoms with Crippen molar-refractivity contribution in [2.45, 2.75) is 35.7 Å². The molecule has 7 nitrogen and oxygen atoms in total. The molecule has 1 aliphatic carbocycles. The number of benzene rings is 1. The topological polar surface area (TPSA) is 87.7 Å². The lowest BCUT2D eigenvalue weighted by Crippen LogP contribution is -2.54. The zero-order valence-electron chi connectivity index (χ0n) is 15.5. The van der Waals surface area contributed by atoms with E-state index in [1.165, 1.54) is 11.3 Å². The van der Waals surface area contributed by atoms with Crippen molar-refractivity contribution in [3.8, 4) is 5.75 Å². The highest BCUT2D eigenvalue weighted by Crippen LogP contribution is 2.38. The van der Waals surface area contributed by atoms with Crippen molar-refractivity contribution in [1.82, 2.24) is 14.9 Å². The molecule has 2 N–H and O–H groups in total. The first-order valence-electron chi connectivity index (χ1n) is 9.19. The molecule has 2 fully saturated rings. The molecule has 1 saturated carbocycles. The van der Waals surface area contributed by atoms with Gasteiger partial charge in [-0.2, -0.15) is 0 Å². The van der Waals surface area contributed by atoms with Gasteiger partial charge in [-0.3, -0.25) is 0 Å². The summed E-state index contributed by atoms with van der Waals surface area (Å²) < 4.78 is 33.3. The minimum Gasteiger partial charge on any atom is -0.497 e. The van der Waals surface area contributed by atoms with E-state index in [-0.39, 0.29) is 18.1 Å². The van der Waals surface area contributed by atoms with Gasteiger partial charge in [0.1, 0.15) is 9.96 Å². The highest BCUT2D eigenvalue weighted by Gasteiger charge is 2.48. The lowest BCUT2D eigenvalue weighted by atomic mass is 10.1. The van der Waals surface area contributed by atoms with Crippen molar-refractivity contribution in [2.75, 3.05) is 13.7 Å². The second-order valence-corrected chi connectivity index (χ2v) is 10.1. The third kappa shape index (κ3) is 3.87. The average molecular weight is 422 g/mol. The number of urea groups is 1. The van der Waals surface area contributed by atoms with Crippen LogP contribution >= 0.6 is 11.3 Å². The molecule has 28 heavy (non-hydrogen) atoms. The molecule has 150 valence electrons. The van der Waals surface area contributed by atoms with E-state index in [1.54, 1.807) is 29.5 Å². The lowest BCUT2D eigenvalue weighted by Gasteiger charge is -2.33. The fourth-order valence-electron chi connectivity index (χ4n) is 4.08. The maximum Gasteiger partial charge on any atom is 0.317 e. The minimum absolute atomic E-state index is 0.101. The Morgan fingerprint density at radius 1 is 1.25 bits per heavy atom. The van der Waals surface area contributed by atoms with Crippen LogP contribution in [0.5, 0.6) is 5.75 Å². The Morgan fingerprint density at radius 2 is 2.04 bits per heavy atom. The Hall–Kier alpha value is -2.10. The minimum atomic E-state index is -3.54. The molecule has 1 aliphatic heterocycles. The number of nitrogens with zero attached hydrogens (tertiary/aromatic N) is 1. The second kappa shape index (κ2) is 7.73. The van der Waals surface area contributed by atoms with Crippen molar-refractivity contribution in [1.29, 1.82) is 0 Å². The summed E-state index contributed by atoms with van der Waals surface area (Å²) >= 11 is 1.20. The van der Waals surface area contributed by atoms with Gasteiger partial charge in [0.05, 0.1) is 13.2 Å². The van der Waals surface area contributed by atoms with Crippen molar-refractivity contribution in [3.05, 3.63) is 47.3 Å². The van der Waals surface area contributed by atoms with E-state index < -0.39 is 10.0 Å². The van der Waals surface area contributed by atoms with Crippen molar-refractivity contribution in [3.63, 3.8) is 0 Å². The van der Waals surface area contributed by atoms with Crippen LogP contribution in [-0.2, 0) is 16.6 Å². The quantitative estimate of drug-likeness (QED) is 0.750. The number of amides is 2. The van der Waals surface area contributed by atoms with Gasteiger partial charge < -0.3 is 15.0 Å². The van der Waals surface area contributed by atoms with E-state index in [4.69, 9.17) is 4.74 Å². The van der Waals surface area contributed by atoms with Crippen LogP contribution in [0.3, 0.4) is 0 Å². The molecule has 3 atom stereocenters. The number of hydrogen-bond donors (Lipinski definition) is 2. The van der Waals surface area contributed by atoms with Crippen molar-refractivity contribution >= 4 is 27.4 Å². The molecule has 2 heterocycles. The first-order valence-corrected chi connectivity index (χ1v) is 11.6. The molecule has 1 saturated heterocycles. The first-order chi connectivity index (χ1) is 13.5. The van der Waals surface area contributed by atoms with Gasteiger partial charge in [0.25, 0.3) is 0 Å².